The summed E-state index contributed by atoms with van der Waals surface area (Å²) in [5, 5.41) is 8.95. The molecular weight excluding hydrogens is 362 g/mol. The number of anilines is 1. The predicted octanol–water partition coefficient (Wildman–Crippen LogP) is 3.03. The molecule has 1 fully saturated rings. The fraction of sp³-hybridized carbons (Fsp3) is 0.421. The third kappa shape index (κ3) is 4.12. The lowest BCUT2D eigenvalue weighted by molar-refractivity contribution is -0.114. The summed E-state index contributed by atoms with van der Waals surface area (Å²) in [5.41, 5.74) is 0.952. The number of aromatic nitrogens is 3. The van der Waals surface area contributed by atoms with Crippen LogP contribution < -0.4 is 10.1 Å². The molecule has 0 unspecified atom stereocenters. The van der Waals surface area contributed by atoms with Crippen LogP contribution in [0.1, 0.15) is 25.1 Å². The van der Waals surface area contributed by atoms with E-state index in [2.05, 4.69) is 33.3 Å². The van der Waals surface area contributed by atoms with Gasteiger partial charge in [0.05, 0.1) is 5.52 Å². The van der Waals surface area contributed by atoms with Crippen LogP contribution in [0.4, 0.5) is 5.13 Å². The first-order valence-electron chi connectivity index (χ1n) is 9.02. The molecule has 8 heteroatoms. The minimum atomic E-state index is -0.0937. The van der Waals surface area contributed by atoms with E-state index in [1.54, 1.807) is 0 Å². The first-order valence-corrected chi connectivity index (χ1v) is 9.84. The number of carbonyl (C=O) groups excluding carboxylic acids is 1. The number of likely N-dealkylation sites (tertiary alicyclic amines) is 1. The molecule has 0 aliphatic carbocycles. The number of carbonyl (C=O) groups is 1. The molecule has 1 aliphatic rings. The van der Waals surface area contributed by atoms with Gasteiger partial charge in [-0.1, -0.05) is 0 Å². The van der Waals surface area contributed by atoms with Crippen LogP contribution in [0, 0.1) is 0 Å². The summed E-state index contributed by atoms with van der Waals surface area (Å²) in [6.07, 6.45) is 4.98. The van der Waals surface area contributed by atoms with Crippen molar-refractivity contribution in [3.63, 3.8) is 0 Å². The maximum absolute atomic E-state index is 11.1. The molecule has 1 aromatic carbocycles. The van der Waals surface area contributed by atoms with Crippen molar-refractivity contribution in [1.82, 2.24) is 19.7 Å². The second-order valence-electron chi connectivity index (χ2n) is 7.09. The summed E-state index contributed by atoms with van der Waals surface area (Å²) in [6, 6.07) is 6.50. The zero-order chi connectivity index (χ0) is 19.0. The van der Waals surface area contributed by atoms with E-state index in [4.69, 9.17) is 4.74 Å². The summed E-state index contributed by atoms with van der Waals surface area (Å²) in [7, 11) is 1.92. The Morgan fingerprint density at radius 1 is 1.44 bits per heavy atom. The van der Waals surface area contributed by atoms with Gasteiger partial charge in [-0.15, -0.1) is 11.3 Å². The highest BCUT2D eigenvalue weighted by molar-refractivity contribution is 7.15. The zero-order valence-corrected chi connectivity index (χ0v) is 16.5. The minimum absolute atomic E-state index is 0.0937. The molecule has 3 aromatic rings. The van der Waals surface area contributed by atoms with E-state index in [-0.39, 0.29) is 12.0 Å². The number of nitrogens with one attached hydrogen (secondary N) is 1. The molecule has 1 amide bonds. The Kier molecular flexibility index (Phi) is 4.84. The average Bonchev–Trinajstić information content (AvgIpc) is 3.26. The van der Waals surface area contributed by atoms with Crippen molar-refractivity contribution in [1.29, 1.82) is 0 Å². The van der Waals surface area contributed by atoms with E-state index in [1.165, 1.54) is 18.3 Å². The lowest BCUT2D eigenvalue weighted by Gasteiger charge is -2.19. The second-order valence-corrected chi connectivity index (χ2v) is 8.21. The molecule has 0 radical (unpaired) electrons. The van der Waals surface area contributed by atoms with E-state index < -0.39 is 0 Å². The number of ether oxygens (including phenoxy) is 1. The first kappa shape index (κ1) is 17.9. The highest BCUT2D eigenvalue weighted by Gasteiger charge is 2.30. The van der Waals surface area contributed by atoms with Gasteiger partial charge in [-0.05, 0) is 19.1 Å². The van der Waals surface area contributed by atoms with Crippen LogP contribution in [0.25, 0.3) is 10.9 Å². The van der Waals surface area contributed by atoms with E-state index in [0.29, 0.717) is 11.2 Å². The molecule has 2 aromatic heterocycles. The van der Waals surface area contributed by atoms with Crippen LogP contribution in [-0.2, 0) is 18.4 Å². The number of hydrogen-bond acceptors (Lipinski definition) is 6. The molecule has 2 atom stereocenters. The molecule has 7 nitrogen and oxygen atoms in total. The number of amides is 1. The lowest BCUT2D eigenvalue weighted by Crippen LogP contribution is -2.27. The van der Waals surface area contributed by atoms with Gasteiger partial charge >= 0.3 is 0 Å². The molecule has 0 saturated carbocycles. The van der Waals surface area contributed by atoms with Gasteiger partial charge in [0.1, 0.15) is 11.9 Å². The largest absolute Gasteiger partial charge is 0.489 e. The van der Waals surface area contributed by atoms with Crippen LogP contribution in [0.15, 0.2) is 30.6 Å². The van der Waals surface area contributed by atoms with Gasteiger partial charge in [-0.25, -0.2) is 4.98 Å². The van der Waals surface area contributed by atoms with Crippen LogP contribution in [0.3, 0.4) is 0 Å². The highest BCUT2D eigenvalue weighted by Crippen LogP contribution is 2.28. The van der Waals surface area contributed by atoms with Crippen LogP contribution in [-0.4, -0.2) is 44.3 Å². The Hall–Kier alpha value is -2.45. The molecule has 4 rings (SSSR count). The second kappa shape index (κ2) is 7.28. The smallest absolute Gasteiger partial charge is 0.223 e. The van der Waals surface area contributed by atoms with E-state index >= 15 is 0 Å². The quantitative estimate of drug-likeness (QED) is 0.731. The van der Waals surface area contributed by atoms with Crippen LogP contribution in [0.2, 0.25) is 0 Å². The van der Waals surface area contributed by atoms with E-state index in [0.717, 1.165) is 41.0 Å². The van der Waals surface area contributed by atoms with Gasteiger partial charge in [0.2, 0.25) is 5.91 Å². The topological polar surface area (TPSA) is 72.3 Å². The number of hydrogen-bond donors (Lipinski definition) is 1. The van der Waals surface area contributed by atoms with Crippen LogP contribution in [0.5, 0.6) is 5.75 Å². The van der Waals surface area contributed by atoms with Gasteiger partial charge in [-0.3, -0.25) is 14.4 Å². The van der Waals surface area contributed by atoms with E-state index in [9.17, 15) is 4.79 Å². The Morgan fingerprint density at radius 3 is 3.11 bits per heavy atom. The molecule has 1 N–H and O–H groups in total. The Labute approximate surface area is 162 Å². The number of benzene rings is 1. The standard InChI is InChI=1S/C19H23N5O2S/c1-12-6-16(26-15-5-4-14-9-23(3)22-18(14)7-15)10-24(12)11-17-8-20-19(27-17)21-13(2)25/h4-5,7-9,12,16H,6,10-11H2,1-3H3,(H,20,21,25)/t12-,16+/m0/s1. The van der Waals surface area contributed by atoms with Crippen molar-refractivity contribution >= 4 is 33.3 Å². The zero-order valence-electron chi connectivity index (χ0n) is 15.7. The molecule has 0 spiro atoms. The summed E-state index contributed by atoms with van der Waals surface area (Å²) in [4.78, 5) is 18.9. The number of nitrogens with zero attached hydrogens (tertiary/aromatic N) is 4. The molecule has 3 heterocycles. The van der Waals surface area contributed by atoms with Crippen molar-refractivity contribution < 1.29 is 9.53 Å². The fourth-order valence-electron chi connectivity index (χ4n) is 3.53. The number of rotatable bonds is 5. The van der Waals surface area contributed by atoms with Crippen molar-refractivity contribution in [2.75, 3.05) is 11.9 Å². The third-order valence-electron chi connectivity index (χ3n) is 4.76. The van der Waals surface area contributed by atoms with Crippen molar-refractivity contribution in [2.24, 2.45) is 7.05 Å². The average molecular weight is 385 g/mol. The SMILES string of the molecule is CC(=O)Nc1ncc(CN2C[C@H](Oc3ccc4cn(C)nc4c3)C[C@@H]2C)s1. The number of aryl methyl sites for hydroxylation is 1. The minimum Gasteiger partial charge on any atom is -0.489 e. The highest BCUT2D eigenvalue weighted by atomic mass is 32.1. The monoisotopic (exact) mass is 385 g/mol. The summed E-state index contributed by atoms with van der Waals surface area (Å²) in [6.45, 7) is 5.40. The molecule has 27 heavy (non-hydrogen) atoms. The van der Waals surface area contributed by atoms with E-state index in [1.807, 2.05) is 36.3 Å². The molecule has 0 bridgehead atoms. The van der Waals surface area contributed by atoms with Crippen molar-refractivity contribution in [3.05, 3.63) is 35.5 Å². The summed E-state index contributed by atoms with van der Waals surface area (Å²) in [5.74, 6) is 0.773. The molecular formula is C19H23N5O2S. The van der Waals surface area contributed by atoms with Gasteiger partial charge < -0.3 is 10.1 Å². The van der Waals surface area contributed by atoms with Gasteiger partial charge in [0.25, 0.3) is 0 Å². The van der Waals surface area contributed by atoms with Crippen molar-refractivity contribution in [2.45, 2.75) is 39.0 Å². The van der Waals surface area contributed by atoms with Gasteiger partial charge in [0.15, 0.2) is 5.13 Å². The van der Waals surface area contributed by atoms with Crippen LogP contribution >= 0.6 is 11.3 Å². The maximum Gasteiger partial charge on any atom is 0.223 e. The predicted molar refractivity (Wildman–Crippen MR) is 106 cm³/mol. The summed E-state index contributed by atoms with van der Waals surface area (Å²) >= 11 is 1.52. The maximum atomic E-state index is 11.1. The summed E-state index contributed by atoms with van der Waals surface area (Å²) < 4.78 is 8.05. The first-order chi connectivity index (χ1) is 13.0. The van der Waals surface area contributed by atoms with Crippen molar-refractivity contribution in [3.8, 4) is 5.75 Å². The lowest BCUT2D eigenvalue weighted by atomic mass is 10.2. The Bertz CT molecular complexity index is 966. The normalized spacial score (nSPS) is 20.3. The molecule has 142 valence electrons. The Balaban J connectivity index is 1.38. The molecule has 1 saturated heterocycles. The van der Waals surface area contributed by atoms with Gasteiger partial charge in [0, 0.05) is 68.2 Å². The fourth-order valence-corrected chi connectivity index (χ4v) is 4.41. The number of thiazole rings is 1. The number of fused-ring (bicyclic) bond motifs is 1. The third-order valence-corrected chi connectivity index (χ3v) is 5.65. The molecule has 1 aliphatic heterocycles. The van der Waals surface area contributed by atoms with Gasteiger partial charge in [-0.2, -0.15) is 5.10 Å². The Morgan fingerprint density at radius 2 is 2.30 bits per heavy atom.